The lowest BCUT2D eigenvalue weighted by Crippen LogP contribution is -2.17. The first kappa shape index (κ1) is 18.8. The molecule has 2 heterocycles. The van der Waals surface area contributed by atoms with Crippen LogP contribution in [-0.4, -0.2) is 35.6 Å². The van der Waals surface area contributed by atoms with Crippen molar-refractivity contribution in [3.63, 3.8) is 0 Å². The smallest absolute Gasteiger partial charge is 0.276 e. The minimum absolute atomic E-state index is 0.0308. The zero-order valence-corrected chi connectivity index (χ0v) is 15.9. The zero-order valence-electron chi connectivity index (χ0n) is 14.4. The Balaban J connectivity index is 1.87. The quantitative estimate of drug-likeness (QED) is 0.854. The molecule has 9 heteroatoms. The minimum atomic E-state index is -3.07. The fraction of sp³-hybridized carbons (Fsp3) is 0.412. The lowest BCUT2D eigenvalue weighted by molar-refractivity contribution is 0.102. The van der Waals surface area contributed by atoms with Gasteiger partial charge >= 0.3 is 0 Å². The number of aromatic nitrogens is 2. The van der Waals surface area contributed by atoms with Crippen molar-refractivity contribution in [2.75, 3.05) is 16.8 Å². The summed E-state index contributed by atoms with van der Waals surface area (Å²) in [5.74, 6) is -0.798. The van der Waals surface area contributed by atoms with Crippen molar-refractivity contribution in [3.8, 4) is 0 Å². The Hall–Kier alpha value is -1.93. The van der Waals surface area contributed by atoms with Gasteiger partial charge in [-0.2, -0.15) is 5.10 Å². The first-order valence-corrected chi connectivity index (χ1v) is 10.4. The van der Waals surface area contributed by atoms with Crippen molar-refractivity contribution in [1.29, 1.82) is 0 Å². The minimum Gasteiger partial charge on any atom is -0.321 e. The summed E-state index contributed by atoms with van der Waals surface area (Å²) in [4.78, 5) is 12.5. The molecule has 1 aliphatic heterocycles. The molecule has 1 saturated heterocycles. The van der Waals surface area contributed by atoms with Gasteiger partial charge in [0.05, 0.1) is 22.6 Å². The maximum Gasteiger partial charge on any atom is 0.276 e. The number of carbonyl (C=O) groups excluding carboxylic acids is 1. The molecule has 1 aliphatic rings. The van der Waals surface area contributed by atoms with Crippen molar-refractivity contribution < 1.29 is 17.6 Å². The van der Waals surface area contributed by atoms with Gasteiger partial charge in [0.1, 0.15) is 5.82 Å². The van der Waals surface area contributed by atoms with Crippen LogP contribution in [0.1, 0.15) is 48.4 Å². The van der Waals surface area contributed by atoms with Crippen LogP contribution in [0.5, 0.6) is 0 Å². The van der Waals surface area contributed by atoms with E-state index in [1.807, 2.05) is 13.8 Å². The van der Waals surface area contributed by atoms with Gasteiger partial charge < -0.3 is 5.32 Å². The number of carbonyl (C=O) groups is 1. The van der Waals surface area contributed by atoms with Crippen LogP contribution in [0.2, 0.25) is 5.02 Å². The molecule has 1 fully saturated rings. The Morgan fingerprint density at radius 1 is 1.38 bits per heavy atom. The molecule has 1 atom stereocenters. The second-order valence-corrected chi connectivity index (χ2v) is 9.33. The van der Waals surface area contributed by atoms with Crippen molar-refractivity contribution in [1.82, 2.24) is 9.78 Å². The maximum absolute atomic E-state index is 13.2. The van der Waals surface area contributed by atoms with Crippen LogP contribution < -0.4 is 5.32 Å². The van der Waals surface area contributed by atoms with Gasteiger partial charge in [0, 0.05) is 11.4 Å². The monoisotopic (exact) mass is 399 g/mol. The number of hydrogen-bond acceptors (Lipinski definition) is 4. The van der Waals surface area contributed by atoms with E-state index in [2.05, 4.69) is 10.4 Å². The molecule has 1 amide bonds. The molecule has 140 valence electrons. The van der Waals surface area contributed by atoms with E-state index in [9.17, 15) is 17.6 Å². The number of rotatable bonds is 4. The molecule has 2 aromatic rings. The van der Waals surface area contributed by atoms with Gasteiger partial charge in [0.25, 0.3) is 5.91 Å². The summed E-state index contributed by atoms with van der Waals surface area (Å²) in [5.41, 5.74) is 1.33. The normalized spacial score (nSPS) is 19.0. The number of sulfone groups is 1. The average Bonchev–Trinajstić information content (AvgIpc) is 3.14. The summed E-state index contributed by atoms with van der Waals surface area (Å²) in [7, 11) is -3.07. The second kappa shape index (κ2) is 7.00. The number of benzene rings is 1. The molecule has 0 unspecified atom stereocenters. The number of amides is 1. The molecule has 0 radical (unpaired) electrons. The van der Waals surface area contributed by atoms with Crippen LogP contribution in [0, 0.1) is 5.82 Å². The third-order valence-electron chi connectivity index (χ3n) is 4.32. The van der Waals surface area contributed by atoms with E-state index in [0.29, 0.717) is 12.1 Å². The van der Waals surface area contributed by atoms with Crippen LogP contribution in [0.25, 0.3) is 0 Å². The predicted octanol–water partition coefficient (Wildman–Crippen LogP) is 3.41. The predicted molar refractivity (Wildman–Crippen MR) is 98.0 cm³/mol. The van der Waals surface area contributed by atoms with Gasteiger partial charge in [0.2, 0.25) is 0 Å². The highest BCUT2D eigenvalue weighted by Crippen LogP contribution is 2.28. The van der Waals surface area contributed by atoms with Crippen molar-refractivity contribution >= 4 is 33.0 Å². The van der Waals surface area contributed by atoms with Crippen LogP contribution in [0.15, 0.2) is 24.3 Å². The number of nitrogens with one attached hydrogen (secondary N) is 1. The third kappa shape index (κ3) is 3.91. The van der Waals surface area contributed by atoms with Crippen LogP contribution >= 0.6 is 11.6 Å². The van der Waals surface area contributed by atoms with Gasteiger partial charge in [-0.05, 0) is 36.6 Å². The highest BCUT2D eigenvalue weighted by atomic mass is 35.5. The van der Waals surface area contributed by atoms with E-state index in [1.54, 1.807) is 10.7 Å². The van der Waals surface area contributed by atoms with Crippen LogP contribution in [0.3, 0.4) is 0 Å². The average molecular weight is 400 g/mol. The molecule has 3 rings (SSSR count). The SMILES string of the molecule is CC(C)c1cc(C(=O)Nc2ccc(F)c(Cl)c2)nn1[C@H]1CCS(=O)(=O)C1. The molecule has 0 saturated carbocycles. The summed E-state index contributed by atoms with van der Waals surface area (Å²) in [6.45, 7) is 3.91. The fourth-order valence-electron chi connectivity index (χ4n) is 2.98. The highest BCUT2D eigenvalue weighted by molar-refractivity contribution is 7.91. The zero-order chi connectivity index (χ0) is 19.1. The molecule has 6 nitrogen and oxygen atoms in total. The third-order valence-corrected chi connectivity index (χ3v) is 6.36. The number of hydrogen-bond donors (Lipinski definition) is 1. The summed E-state index contributed by atoms with van der Waals surface area (Å²) >= 11 is 5.72. The number of halogens is 2. The molecule has 0 bridgehead atoms. The summed E-state index contributed by atoms with van der Waals surface area (Å²) in [6.07, 6.45) is 0.484. The lowest BCUT2D eigenvalue weighted by Gasteiger charge is -2.15. The van der Waals surface area contributed by atoms with E-state index in [0.717, 1.165) is 5.69 Å². The molecule has 1 aromatic heterocycles. The second-order valence-electron chi connectivity index (χ2n) is 6.69. The number of nitrogens with zero attached hydrogens (tertiary/aromatic N) is 2. The molecular formula is C17H19ClFN3O3S. The van der Waals surface area contributed by atoms with Crippen molar-refractivity contribution in [3.05, 3.63) is 46.5 Å². The van der Waals surface area contributed by atoms with Gasteiger partial charge in [-0.1, -0.05) is 25.4 Å². The Morgan fingerprint density at radius 3 is 2.69 bits per heavy atom. The van der Waals surface area contributed by atoms with Gasteiger partial charge in [-0.15, -0.1) is 0 Å². The largest absolute Gasteiger partial charge is 0.321 e. The maximum atomic E-state index is 13.2. The van der Waals surface area contributed by atoms with E-state index < -0.39 is 21.6 Å². The van der Waals surface area contributed by atoms with E-state index in [4.69, 9.17) is 11.6 Å². The Morgan fingerprint density at radius 2 is 2.12 bits per heavy atom. The van der Waals surface area contributed by atoms with Gasteiger partial charge in [-0.3, -0.25) is 9.48 Å². The molecule has 0 aliphatic carbocycles. The highest BCUT2D eigenvalue weighted by Gasteiger charge is 2.32. The standard InChI is InChI=1S/C17H19ClFN3O3S/c1-10(2)16-8-15(21-22(16)12-5-6-26(24,25)9-12)17(23)20-11-3-4-14(19)13(18)7-11/h3-4,7-8,10,12H,5-6,9H2,1-2H3,(H,20,23)/t12-/m0/s1. The Kier molecular flexibility index (Phi) is 5.07. The Bertz CT molecular complexity index is 956. The van der Waals surface area contributed by atoms with E-state index in [-0.39, 0.29) is 34.2 Å². The first-order chi connectivity index (χ1) is 12.2. The molecule has 0 spiro atoms. The fourth-order valence-corrected chi connectivity index (χ4v) is 4.85. The van der Waals surface area contributed by atoms with Gasteiger partial charge in [0.15, 0.2) is 15.5 Å². The summed E-state index contributed by atoms with van der Waals surface area (Å²) in [5, 5.41) is 6.89. The van der Waals surface area contributed by atoms with Crippen LogP contribution in [0.4, 0.5) is 10.1 Å². The van der Waals surface area contributed by atoms with Crippen molar-refractivity contribution in [2.24, 2.45) is 0 Å². The van der Waals surface area contributed by atoms with Gasteiger partial charge in [-0.25, -0.2) is 12.8 Å². The molecule has 1 N–H and O–H groups in total. The van der Waals surface area contributed by atoms with E-state index in [1.165, 1.54) is 18.2 Å². The summed E-state index contributed by atoms with van der Waals surface area (Å²) in [6, 6.07) is 5.29. The molecule has 1 aromatic carbocycles. The molecule has 26 heavy (non-hydrogen) atoms. The first-order valence-electron chi connectivity index (χ1n) is 8.22. The molecular weight excluding hydrogens is 381 g/mol. The number of anilines is 1. The van der Waals surface area contributed by atoms with Crippen molar-refractivity contribution in [2.45, 2.75) is 32.2 Å². The van der Waals surface area contributed by atoms with Crippen LogP contribution in [-0.2, 0) is 9.84 Å². The topological polar surface area (TPSA) is 81.1 Å². The lowest BCUT2D eigenvalue weighted by atomic mass is 10.1. The summed E-state index contributed by atoms with van der Waals surface area (Å²) < 4.78 is 38.4. The van der Waals surface area contributed by atoms with E-state index >= 15 is 0 Å². The Labute approximate surface area is 156 Å².